The third-order valence-electron chi connectivity index (χ3n) is 3.46. The molecule has 0 saturated heterocycles. The van der Waals surface area contributed by atoms with Crippen LogP contribution in [0.15, 0.2) is 72.8 Å². The van der Waals surface area contributed by atoms with Crippen LogP contribution in [0.5, 0.6) is 11.5 Å². The summed E-state index contributed by atoms with van der Waals surface area (Å²) in [7, 11) is 0. The number of carbonyl (C=O) groups is 2. The zero-order valence-electron chi connectivity index (χ0n) is 17.5. The van der Waals surface area contributed by atoms with Crippen LogP contribution in [0.2, 0.25) is 0 Å². The molecule has 2 N–H and O–H groups in total. The molecule has 0 unspecified atom stereocenters. The van der Waals surface area contributed by atoms with Crippen molar-refractivity contribution in [1.82, 2.24) is 0 Å². The number of ketones is 2. The van der Waals surface area contributed by atoms with Crippen LogP contribution in [0.1, 0.15) is 55.8 Å². The van der Waals surface area contributed by atoms with Gasteiger partial charge in [0.15, 0.2) is 11.6 Å². The van der Waals surface area contributed by atoms with Crippen molar-refractivity contribution in [1.29, 1.82) is 0 Å². The molecule has 0 atom stereocenters. The van der Waals surface area contributed by atoms with E-state index in [1.165, 1.54) is 19.1 Å². The predicted molar refractivity (Wildman–Crippen MR) is 123 cm³/mol. The van der Waals surface area contributed by atoms with Gasteiger partial charge in [-0.15, -0.1) is 0 Å². The lowest BCUT2D eigenvalue weighted by atomic mass is 10.1. The van der Waals surface area contributed by atoms with E-state index < -0.39 is 0 Å². The normalized spacial score (nSPS) is 9.63. The zero-order chi connectivity index (χ0) is 22.1. The number of rotatable bonds is 6. The molecule has 2 aromatic rings. The molecule has 0 aromatic heterocycles. The van der Waals surface area contributed by atoms with E-state index in [-0.39, 0.29) is 31.3 Å². The average molecular weight is 415 g/mol. The Morgan fingerprint density at radius 3 is 1.60 bits per heavy atom. The van der Waals surface area contributed by atoms with E-state index in [1.54, 1.807) is 55.5 Å². The molecule has 5 nitrogen and oxygen atoms in total. The molecule has 0 amide bonds. The highest BCUT2D eigenvalue weighted by Crippen LogP contribution is 2.12. The Morgan fingerprint density at radius 2 is 1.27 bits per heavy atom. The average Bonchev–Trinajstić information content (AvgIpc) is 2.70. The van der Waals surface area contributed by atoms with Gasteiger partial charge in [-0.3, -0.25) is 9.59 Å². The van der Waals surface area contributed by atoms with Crippen LogP contribution in [0.4, 0.5) is 0 Å². The highest BCUT2D eigenvalue weighted by atomic mass is 16.5. The van der Waals surface area contributed by atoms with Crippen molar-refractivity contribution in [3.63, 3.8) is 0 Å². The first-order valence-corrected chi connectivity index (χ1v) is 9.22. The molecule has 0 radical (unpaired) electrons. The molecule has 0 aliphatic rings. The Balaban J connectivity index is 0. The van der Waals surface area contributed by atoms with Crippen LogP contribution in [0, 0.1) is 0 Å². The van der Waals surface area contributed by atoms with E-state index in [0.29, 0.717) is 17.7 Å². The van der Waals surface area contributed by atoms with Crippen molar-refractivity contribution >= 4 is 11.6 Å². The highest BCUT2D eigenvalue weighted by Gasteiger charge is 1.98. The van der Waals surface area contributed by atoms with Crippen LogP contribution in [-0.4, -0.2) is 35.0 Å². The van der Waals surface area contributed by atoms with Crippen molar-refractivity contribution in [3.8, 4) is 11.5 Å². The van der Waals surface area contributed by atoms with Gasteiger partial charge in [0.2, 0.25) is 0 Å². The summed E-state index contributed by atoms with van der Waals surface area (Å²) in [5, 5.41) is 16.8. The molecular weight excluding hydrogens is 380 g/mol. The Labute approximate surface area is 180 Å². The van der Waals surface area contributed by atoms with Gasteiger partial charge in [0, 0.05) is 11.1 Å². The third-order valence-corrected chi connectivity index (χ3v) is 3.46. The number of aliphatic hydroxyl groups excluding tert-OH is 1. The van der Waals surface area contributed by atoms with Gasteiger partial charge in [-0.2, -0.15) is 0 Å². The number of ether oxygens (including phenoxy) is 1. The molecule has 0 heterocycles. The summed E-state index contributed by atoms with van der Waals surface area (Å²) in [6, 6.07) is 13.3. The Kier molecular flexibility index (Phi) is 17.3. The van der Waals surface area contributed by atoms with Gasteiger partial charge in [0.25, 0.3) is 0 Å². The summed E-state index contributed by atoms with van der Waals surface area (Å²) in [4.78, 5) is 21.6. The van der Waals surface area contributed by atoms with Gasteiger partial charge in [-0.05, 0) is 76.2 Å². The third kappa shape index (κ3) is 13.9. The minimum Gasteiger partial charge on any atom is -0.508 e. The summed E-state index contributed by atoms with van der Waals surface area (Å²) in [5.74, 6) is 1.06. The molecular formula is C25H34O5. The maximum Gasteiger partial charge on any atom is 0.159 e. The van der Waals surface area contributed by atoms with Gasteiger partial charge in [0.05, 0.1) is 6.61 Å². The van der Waals surface area contributed by atoms with E-state index in [4.69, 9.17) is 14.9 Å². The quantitative estimate of drug-likeness (QED) is 0.473. The molecule has 2 rings (SSSR count). The maximum absolute atomic E-state index is 11.0. The predicted octanol–water partition coefficient (Wildman–Crippen LogP) is 5.63. The zero-order valence-corrected chi connectivity index (χ0v) is 17.5. The van der Waals surface area contributed by atoms with E-state index in [9.17, 15) is 9.59 Å². The van der Waals surface area contributed by atoms with Gasteiger partial charge in [-0.25, -0.2) is 0 Å². The maximum atomic E-state index is 11.0. The molecule has 2 aromatic carbocycles. The number of aromatic hydroxyl groups is 1. The lowest BCUT2D eigenvalue weighted by molar-refractivity contribution is 0.100. The van der Waals surface area contributed by atoms with Crippen molar-refractivity contribution in [2.45, 2.75) is 35.1 Å². The van der Waals surface area contributed by atoms with Gasteiger partial charge < -0.3 is 14.9 Å². The van der Waals surface area contributed by atoms with E-state index in [1.807, 2.05) is 26.0 Å². The SMILES string of the molecule is C.C/C=C/CO.C/C=C/COc1ccc(C(C)=O)cc1.CC(=O)c1ccc(O)cc1. The van der Waals surface area contributed by atoms with Crippen LogP contribution < -0.4 is 4.74 Å². The van der Waals surface area contributed by atoms with Crippen molar-refractivity contribution in [3.05, 3.63) is 84.0 Å². The molecule has 0 fully saturated rings. The molecule has 164 valence electrons. The van der Waals surface area contributed by atoms with E-state index in [0.717, 1.165) is 5.75 Å². The highest BCUT2D eigenvalue weighted by molar-refractivity contribution is 5.94. The van der Waals surface area contributed by atoms with Gasteiger partial charge in [0.1, 0.15) is 18.1 Å². The fraction of sp³-hybridized carbons (Fsp3) is 0.280. The first-order valence-electron chi connectivity index (χ1n) is 9.22. The van der Waals surface area contributed by atoms with Gasteiger partial charge in [-0.1, -0.05) is 31.7 Å². The standard InChI is InChI=1S/C12H14O2.C8H8O2.C4H8O.CH4/c1-3-4-9-14-12-7-5-11(6-8-12)10(2)13;1-6(9)7-2-4-8(10)5-3-7;1-2-3-4-5;/h3-8H,9H2,1-2H3;2-5,10H,1H3;2-3,5H,4H2,1H3;1H4/b4-3+;;3-2+;. The summed E-state index contributed by atoms with van der Waals surface area (Å²) in [5.41, 5.74) is 1.33. The van der Waals surface area contributed by atoms with E-state index >= 15 is 0 Å². The molecule has 5 heteroatoms. The van der Waals surface area contributed by atoms with Crippen LogP contribution in [-0.2, 0) is 0 Å². The summed E-state index contributed by atoms with van der Waals surface area (Å²) < 4.78 is 5.38. The number of phenolic OH excluding ortho intramolecular Hbond substituents is 1. The first kappa shape index (κ1) is 29.0. The lowest BCUT2D eigenvalue weighted by Crippen LogP contribution is -1.95. The van der Waals surface area contributed by atoms with Crippen molar-refractivity contribution < 1.29 is 24.5 Å². The fourth-order valence-corrected chi connectivity index (χ4v) is 1.83. The molecule has 0 bridgehead atoms. The Morgan fingerprint density at radius 1 is 0.833 bits per heavy atom. The number of carbonyl (C=O) groups excluding carboxylic acids is 2. The topological polar surface area (TPSA) is 83.8 Å². The first-order chi connectivity index (χ1) is 13.8. The minimum atomic E-state index is 0. The number of phenols is 1. The second-order valence-corrected chi connectivity index (χ2v) is 5.82. The minimum absolute atomic E-state index is 0. The fourth-order valence-electron chi connectivity index (χ4n) is 1.83. The number of benzene rings is 2. The second-order valence-electron chi connectivity index (χ2n) is 5.82. The Bertz CT molecular complexity index is 772. The number of hydrogen-bond acceptors (Lipinski definition) is 5. The summed E-state index contributed by atoms with van der Waals surface area (Å²) in [6.45, 7) is 7.59. The number of aliphatic hydroxyl groups is 1. The summed E-state index contributed by atoms with van der Waals surface area (Å²) in [6.07, 6.45) is 7.35. The van der Waals surface area contributed by atoms with Crippen LogP contribution in [0.25, 0.3) is 0 Å². The second kappa shape index (κ2) is 17.9. The van der Waals surface area contributed by atoms with Crippen molar-refractivity contribution in [2.24, 2.45) is 0 Å². The van der Waals surface area contributed by atoms with E-state index in [2.05, 4.69) is 0 Å². The largest absolute Gasteiger partial charge is 0.508 e. The molecule has 0 aliphatic carbocycles. The monoisotopic (exact) mass is 414 g/mol. The molecule has 0 aliphatic heterocycles. The van der Waals surface area contributed by atoms with Crippen LogP contribution >= 0.6 is 0 Å². The molecule has 30 heavy (non-hydrogen) atoms. The Hall–Kier alpha value is -3.18. The number of Topliss-reactive ketones (excluding diaryl/α,β-unsaturated/α-hetero) is 2. The summed E-state index contributed by atoms with van der Waals surface area (Å²) >= 11 is 0. The van der Waals surface area contributed by atoms with Crippen LogP contribution in [0.3, 0.4) is 0 Å². The molecule has 0 saturated carbocycles. The van der Waals surface area contributed by atoms with Gasteiger partial charge >= 0.3 is 0 Å². The lowest BCUT2D eigenvalue weighted by Gasteiger charge is -2.03. The smallest absolute Gasteiger partial charge is 0.159 e. The molecule has 0 spiro atoms. The van der Waals surface area contributed by atoms with Crippen molar-refractivity contribution in [2.75, 3.05) is 13.2 Å². The number of hydrogen-bond donors (Lipinski definition) is 2. The number of allylic oxidation sites excluding steroid dienone is 2.